The topological polar surface area (TPSA) is 67.2 Å². The van der Waals surface area contributed by atoms with E-state index in [1.165, 1.54) is 16.7 Å². The second-order valence-electron chi connectivity index (χ2n) is 7.89. The lowest BCUT2D eigenvalue weighted by Crippen LogP contribution is -2.46. The molecule has 0 spiro atoms. The molecule has 6 nitrogen and oxygen atoms in total. The SMILES string of the molecule is CN(CC(=O)NC(C)(C)C)C(=O)CSc1nc2ccccc2n1-c1ccccc1. The lowest BCUT2D eigenvalue weighted by molar-refractivity contribution is -0.133. The van der Waals surface area contributed by atoms with Crippen LogP contribution in [-0.2, 0) is 9.59 Å². The first-order valence-electron chi connectivity index (χ1n) is 9.45. The highest BCUT2D eigenvalue weighted by Gasteiger charge is 2.19. The highest BCUT2D eigenvalue weighted by molar-refractivity contribution is 7.99. The van der Waals surface area contributed by atoms with E-state index < -0.39 is 0 Å². The predicted octanol–water partition coefficient (Wildman–Crippen LogP) is 3.49. The Kier molecular flexibility index (Phi) is 6.27. The van der Waals surface area contributed by atoms with Gasteiger partial charge in [-0.3, -0.25) is 14.2 Å². The smallest absolute Gasteiger partial charge is 0.240 e. The number of fused-ring (bicyclic) bond motifs is 1. The molecule has 29 heavy (non-hydrogen) atoms. The summed E-state index contributed by atoms with van der Waals surface area (Å²) in [7, 11) is 1.64. The van der Waals surface area contributed by atoms with E-state index in [0.29, 0.717) is 0 Å². The van der Waals surface area contributed by atoms with Crippen LogP contribution in [0.15, 0.2) is 59.8 Å². The quantitative estimate of drug-likeness (QED) is 0.632. The van der Waals surface area contributed by atoms with E-state index >= 15 is 0 Å². The van der Waals surface area contributed by atoms with E-state index in [9.17, 15) is 9.59 Å². The molecule has 152 valence electrons. The van der Waals surface area contributed by atoms with Crippen LogP contribution in [0.3, 0.4) is 0 Å². The molecule has 0 aliphatic heterocycles. The number of carbonyl (C=O) groups is 2. The molecular weight excluding hydrogens is 384 g/mol. The van der Waals surface area contributed by atoms with Crippen LogP contribution < -0.4 is 5.32 Å². The molecule has 0 atom stereocenters. The summed E-state index contributed by atoms with van der Waals surface area (Å²) >= 11 is 1.37. The number of nitrogens with zero attached hydrogens (tertiary/aromatic N) is 3. The van der Waals surface area contributed by atoms with Crippen molar-refractivity contribution in [2.45, 2.75) is 31.5 Å². The summed E-state index contributed by atoms with van der Waals surface area (Å²) < 4.78 is 2.06. The standard InChI is InChI=1S/C22H26N4O2S/c1-22(2,3)24-19(27)14-25(4)20(28)15-29-21-23-17-12-8-9-13-18(17)26(21)16-10-6-5-7-11-16/h5-13H,14-15H2,1-4H3,(H,24,27). The molecule has 0 radical (unpaired) electrons. The normalized spacial score (nSPS) is 11.4. The van der Waals surface area contributed by atoms with Crippen molar-refractivity contribution >= 4 is 34.6 Å². The number of para-hydroxylation sites is 3. The molecule has 0 aliphatic rings. The predicted molar refractivity (Wildman–Crippen MR) is 117 cm³/mol. The first kappa shape index (κ1) is 20.9. The van der Waals surface area contributed by atoms with E-state index in [0.717, 1.165) is 21.9 Å². The Morgan fingerprint density at radius 3 is 2.41 bits per heavy atom. The van der Waals surface area contributed by atoms with Gasteiger partial charge in [0.2, 0.25) is 11.8 Å². The average molecular weight is 411 g/mol. The van der Waals surface area contributed by atoms with Crippen molar-refractivity contribution in [3.8, 4) is 5.69 Å². The minimum Gasteiger partial charge on any atom is -0.350 e. The summed E-state index contributed by atoms with van der Waals surface area (Å²) in [5, 5.41) is 3.62. The monoisotopic (exact) mass is 410 g/mol. The van der Waals surface area contributed by atoms with Crippen molar-refractivity contribution in [2.75, 3.05) is 19.3 Å². The van der Waals surface area contributed by atoms with Gasteiger partial charge in [0, 0.05) is 18.3 Å². The summed E-state index contributed by atoms with van der Waals surface area (Å²) in [5.74, 6) is -0.0873. The summed E-state index contributed by atoms with van der Waals surface area (Å²) in [4.78, 5) is 30.8. The molecular formula is C22H26N4O2S. The van der Waals surface area contributed by atoms with Crippen LogP contribution in [0.2, 0.25) is 0 Å². The van der Waals surface area contributed by atoms with Gasteiger partial charge in [0.25, 0.3) is 0 Å². The van der Waals surface area contributed by atoms with E-state index in [2.05, 4.69) is 9.88 Å². The highest BCUT2D eigenvalue weighted by Crippen LogP contribution is 2.28. The zero-order valence-electron chi connectivity index (χ0n) is 17.2. The van der Waals surface area contributed by atoms with Crippen molar-refractivity contribution in [3.05, 3.63) is 54.6 Å². The molecule has 1 N–H and O–H groups in total. The van der Waals surface area contributed by atoms with Gasteiger partial charge in [0.15, 0.2) is 5.16 Å². The molecule has 0 fully saturated rings. The van der Waals surface area contributed by atoms with Crippen LogP contribution >= 0.6 is 11.8 Å². The third kappa shape index (κ3) is 5.38. The molecule has 0 saturated heterocycles. The van der Waals surface area contributed by atoms with E-state index in [-0.39, 0.29) is 29.7 Å². The fraction of sp³-hybridized carbons (Fsp3) is 0.318. The number of rotatable bonds is 6. The van der Waals surface area contributed by atoms with Crippen molar-refractivity contribution in [1.29, 1.82) is 0 Å². The Balaban J connectivity index is 1.74. The molecule has 0 bridgehead atoms. The molecule has 2 amide bonds. The molecule has 2 aromatic carbocycles. The number of imidazole rings is 1. The second-order valence-corrected chi connectivity index (χ2v) is 8.83. The maximum Gasteiger partial charge on any atom is 0.240 e. The molecule has 3 rings (SSSR count). The molecule has 1 heterocycles. The van der Waals surface area contributed by atoms with Crippen molar-refractivity contribution in [3.63, 3.8) is 0 Å². The van der Waals surface area contributed by atoms with E-state index in [4.69, 9.17) is 4.98 Å². The van der Waals surface area contributed by atoms with Crippen molar-refractivity contribution < 1.29 is 9.59 Å². The first-order valence-corrected chi connectivity index (χ1v) is 10.4. The van der Waals surface area contributed by atoms with Crippen LogP contribution in [0.25, 0.3) is 16.7 Å². The summed E-state index contributed by atoms with van der Waals surface area (Å²) in [6, 6.07) is 17.9. The Morgan fingerprint density at radius 2 is 1.72 bits per heavy atom. The van der Waals surface area contributed by atoms with Crippen LogP contribution in [0.1, 0.15) is 20.8 Å². The van der Waals surface area contributed by atoms with Gasteiger partial charge in [-0.05, 0) is 45.0 Å². The fourth-order valence-corrected chi connectivity index (χ4v) is 3.89. The molecule has 3 aromatic rings. The fourth-order valence-electron chi connectivity index (χ4n) is 2.93. The van der Waals surface area contributed by atoms with Crippen molar-refractivity contribution in [2.24, 2.45) is 0 Å². The number of hydrogen-bond donors (Lipinski definition) is 1. The van der Waals surface area contributed by atoms with E-state index in [1.807, 2.05) is 75.4 Å². The van der Waals surface area contributed by atoms with Gasteiger partial charge in [0.05, 0.1) is 23.3 Å². The van der Waals surface area contributed by atoms with Crippen LogP contribution in [0.5, 0.6) is 0 Å². The first-order chi connectivity index (χ1) is 13.7. The molecule has 0 aliphatic carbocycles. The van der Waals surface area contributed by atoms with Gasteiger partial charge in [0.1, 0.15) is 0 Å². The average Bonchev–Trinajstić information content (AvgIpc) is 3.03. The maximum absolute atomic E-state index is 12.6. The summed E-state index contributed by atoms with van der Waals surface area (Å²) in [6.45, 7) is 5.77. The summed E-state index contributed by atoms with van der Waals surface area (Å²) in [6.07, 6.45) is 0. The third-order valence-electron chi connectivity index (χ3n) is 4.19. The number of amides is 2. The third-order valence-corrected chi connectivity index (χ3v) is 5.11. The number of aromatic nitrogens is 2. The highest BCUT2D eigenvalue weighted by atomic mass is 32.2. The molecule has 0 saturated carbocycles. The van der Waals surface area contributed by atoms with Crippen molar-refractivity contribution in [1.82, 2.24) is 19.8 Å². The number of thioether (sulfide) groups is 1. The Morgan fingerprint density at radius 1 is 1.07 bits per heavy atom. The largest absolute Gasteiger partial charge is 0.350 e. The summed E-state index contributed by atoms with van der Waals surface area (Å²) in [5.41, 5.74) is 2.54. The van der Waals surface area contributed by atoms with E-state index in [1.54, 1.807) is 7.05 Å². The molecule has 7 heteroatoms. The zero-order valence-corrected chi connectivity index (χ0v) is 18.0. The minimum atomic E-state index is -0.323. The number of likely N-dealkylation sites (N-methyl/N-ethyl adjacent to an activating group) is 1. The Hall–Kier alpha value is -2.80. The van der Waals surface area contributed by atoms with Gasteiger partial charge < -0.3 is 10.2 Å². The lowest BCUT2D eigenvalue weighted by Gasteiger charge is -2.23. The lowest BCUT2D eigenvalue weighted by atomic mass is 10.1. The minimum absolute atomic E-state index is 0.0335. The van der Waals surface area contributed by atoms with Crippen LogP contribution in [-0.4, -0.2) is 51.1 Å². The van der Waals surface area contributed by atoms with Gasteiger partial charge >= 0.3 is 0 Å². The van der Waals surface area contributed by atoms with Gasteiger partial charge in [-0.25, -0.2) is 4.98 Å². The molecule has 0 unspecified atom stereocenters. The van der Waals surface area contributed by atoms with Gasteiger partial charge in [-0.1, -0.05) is 42.1 Å². The zero-order chi connectivity index (χ0) is 21.0. The van der Waals surface area contributed by atoms with Crippen LogP contribution in [0.4, 0.5) is 0 Å². The maximum atomic E-state index is 12.6. The number of carbonyl (C=O) groups excluding carboxylic acids is 2. The number of benzene rings is 2. The van der Waals surface area contributed by atoms with Gasteiger partial charge in [-0.2, -0.15) is 0 Å². The second kappa shape index (κ2) is 8.69. The number of nitrogens with one attached hydrogen (secondary N) is 1. The van der Waals surface area contributed by atoms with Gasteiger partial charge in [-0.15, -0.1) is 0 Å². The Labute approximate surface area is 175 Å². The Bertz CT molecular complexity index is 1010. The number of hydrogen-bond acceptors (Lipinski definition) is 4. The van der Waals surface area contributed by atoms with Crippen LogP contribution in [0, 0.1) is 0 Å². The molecule has 1 aromatic heterocycles.